The second-order valence-corrected chi connectivity index (χ2v) is 3.69. The van der Waals surface area contributed by atoms with Crippen molar-refractivity contribution >= 4 is 0 Å². The van der Waals surface area contributed by atoms with Crippen molar-refractivity contribution in [2.75, 3.05) is 6.61 Å². The molecule has 0 unspecified atom stereocenters. The van der Waals surface area contributed by atoms with Crippen molar-refractivity contribution in [2.24, 2.45) is 7.05 Å². The Morgan fingerprint density at radius 1 is 1.44 bits per heavy atom. The number of hydrogen-bond donors (Lipinski definition) is 1. The van der Waals surface area contributed by atoms with E-state index in [1.165, 1.54) is 0 Å². The molecule has 0 saturated heterocycles. The molecule has 0 radical (unpaired) electrons. The molecule has 2 rings (SSSR count). The number of aliphatic hydroxyl groups excluding tert-OH is 1. The minimum atomic E-state index is 0.187. The van der Waals surface area contributed by atoms with Crippen LogP contribution in [0.3, 0.4) is 0 Å². The molecule has 0 fully saturated rings. The summed E-state index contributed by atoms with van der Waals surface area (Å²) in [4.78, 5) is 4.22. The zero-order valence-electron chi connectivity index (χ0n) is 9.24. The van der Waals surface area contributed by atoms with Crippen molar-refractivity contribution in [3.8, 4) is 0 Å². The second kappa shape index (κ2) is 4.89. The van der Waals surface area contributed by atoms with Crippen molar-refractivity contribution in [3.63, 3.8) is 0 Å². The third kappa shape index (κ3) is 2.46. The predicted octanol–water partition coefficient (Wildman–Crippen LogP) is -0.0152. The van der Waals surface area contributed by atoms with E-state index >= 15 is 0 Å². The van der Waals surface area contributed by atoms with Gasteiger partial charge in [0.25, 0.3) is 0 Å². The summed E-state index contributed by atoms with van der Waals surface area (Å²) >= 11 is 0. The average molecular weight is 221 g/mol. The first-order chi connectivity index (χ1) is 7.79. The molecule has 0 aromatic carbocycles. The molecule has 0 spiro atoms. The summed E-state index contributed by atoms with van der Waals surface area (Å²) < 4.78 is 3.71. The van der Waals surface area contributed by atoms with Gasteiger partial charge in [0.15, 0.2) is 0 Å². The van der Waals surface area contributed by atoms with Crippen LogP contribution in [0.4, 0.5) is 0 Å². The first-order valence-corrected chi connectivity index (χ1v) is 5.25. The van der Waals surface area contributed by atoms with Gasteiger partial charge >= 0.3 is 0 Å². The van der Waals surface area contributed by atoms with E-state index in [0.29, 0.717) is 6.54 Å². The first kappa shape index (κ1) is 10.8. The largest absolute Gasteiger partial charge is 0.396 e. The van der Waals surface area contributed by atoms with Crippen LogP contribution in [-0.4, -0.2) is 36.3 Å². The highest BCUT2D eigenvalue weighted by Crippen LogP contribution is 2.01. The minimum absolute atomic E-state index is 0.187. The van der Waals surface area contributed by atoms with Crippen LogP contribution in [-0.2, 0) is 20.0 Å². The van der Waals surface area contributed by atoms with E-state index in [9.17, 15) is 0 Å². The number of aromatic nitrogens is 5. The van der Waals surface area contributed by atoms with Crippen LogP contribution >= 0.6 is 0 Å². The Balaban J connectivity index is 2.00. The predicted molar refractivity (Wildman–Crippen MR) is 57.7 cm³/mol. The summed E-state index contributed by atoms with van der Waals surface area (Å²) in [5, 5.41) is 16.8. The molecule has 2 heterocycles. The van der Waals surface area contributed by atoms with E-state index in [-0.39, 0.29) is 6.61 Å². The highest BCUT2D eigenvalue weighted by atomic mass is 16.2. The fourth-order valence-electron chi connectivity index (χ4n) is 1.48. The van der Waals surface area contributed by atoms with Crippen molar-refractivity contribution in [1.82, 2.24) is 24.5 Å². The Hall–Kier alpha value is -1.69. The fourth-order valence-corrected chi connectivity index (χ4v) is 1.48. The quantitative estimate of drug-likeness (QED) is 0.770. The van der Waals surface area contributed by atoms with Gasteiger partial charge in [0, 0.05) is 32.2 Å². The smallest absolute Gasteiger partial charge is 0.130 e. The van der Waals surface area contributed by atoms with Crippen LogP contribution in [0.1, 0.15) is 17.9 Å². The molecular formula is C10H15N5O. The van der Waals surface area contributed by atoms with Crippen molar-refractivity contribution in [3.05, 3.63) is 30.1 Å². The molecule has 2 aromatic heterocycles. The molecular weight excluding hydrogens is 206 g/mol. The van der Waals surface area contributed by atoms with E-state index in [2.05, 4.69) is 15.3 Å². The van der Waals surface area contributed by atoms with Gasteiger partial charge in [-0.1, -0.05) is 5.21 Å². The molecule has 0 aliphatic carbocycles. The molecule has 2 aromatic rings. The summed E-state index contributed by atoms with van der Waals surface area (Å²) in [5.74, 6) is 0.943. The number of hydrogen-bond acceptors (Lipinski definition) is 4. The number of imidazole rings is 1. The minimum Gasteiger partial charge on any atom is -0.396 e. The molecule has 1 N–H and O–H groups in total. The lowest BCUT2D eigenvalue weighted by molar-refractivity contribution is 0.288. The van der Waals surface area contributed by atoms with E-state index in [1.54, 1.807) is 10.9 Å². The Morgan fingerprint density at radius 2 is 2.31 bits per heavy atom. The lowest BCUT2D eigenvalue weighted by Crippen LogP contribution is -2.06. The normalized spacial score (nSPS) is 10.9. The van der Waals surface area contributed by atoms with Crippen molar-refractivity contribution < 1.29 is 5.11 Å². The number of nitrogens with zero attached hydrogens (tertiary/aromatic N) is 5. The third-order valence-corrected chi connectivity index (χ3v) is 2.40. The molecule has 0 amide bonds. The standard InChI is InChI=1S/C10H15N5O/c1-14-5-4-11-10(14)8-15-7-9(12-13-15)3-2-6-16/h4-5,7,16H,2-3,6,8H2,1H3. The molecule has 6 nitrogen and oxygen atoms in total. The maximum atomic E-state index is 8.71. The Bertz CT molecular complexity index is 448. The van der Waals surface area contributed by atoms with Crippen LogP contribution in [0, 0.1) is 0 Å². The van der Waals surface area contributed by atoms with Gasteiger partial charge in [0.1, 0.15) is 12.4 Å². The average Bonchev–Trinajstić information content (AvgIpc) is 2.87. The maximum absolute atomic E-state index is 8.71. The topological polar surface area (TPSA) is 68.8 Å². The number of aryl methyl sites for hydroxylation is 2. The molecule has 86 valence electrons. The monoisotopic (exact) mass is 221 g/mol. The molecule has 0 saturated carbocycles. The van der Waals surface area contributed by atoms with Gasteiger partial charge in [0.2, 0.25) is 0 Å². The van der Waals surface area contributed by atoms with Gasteiger partial charge < -0.3 is 9.67 Å². The third-order valence-electron chi connectivity index (χ3n) is 2.40. The summed E-state index contributed by atoms with van der Waals surface area (Å²) in [6, 6.07) is 0. The number of aliphatic hydroxyl groups is 1. The van der Waals surface area contributed by atoms with E-state index < -0.39 is 0 Å². The molecule has 0 aliphatic heterocycles. The van der Waals surface area contributed by atoms with Gasteiger partial charge in [-0.2, -0.15) is 0 Å². The first-order valence-electron chi connectivity index (χ1n) is 5.25. The van der Waals surface area contributed by atoms with Crippen LogP contribution in [0.2, 0.25) is 0 Å². The summed E-state index contributed by atoms with van der Waals surface area (Å²) in [6.07, 6.45) is 7.04. The molecule has 0 atom stereocenters. The molecule has 0 bridgehead atoms. The zero-order chi connectivity index (χ0) is 11.4. The Morgan fingerprint density at radius 3 is 3.00 bits per heavy atom. The highest BCUT2D eigenvalue weighted by Gasteiger charge is 2.04. The van der Waals surface area contributed by atoms with Gasteiger partial charge in [-0.15, -0.1) is 5.10 Å². The fraction of sp³-hybridized carbons (Fsp3) is 0.500. The zero-order valence-corrected chi connectivity index (χ0v) is 9.24. The van der Waals surface area contributed by atoms with Crippen LogP contribution in [0.15, 0.2) is 18.6 Å². The van der Waals surface area contributed by atoms with Crippen LogP contribution in [0.25, 0.3) is 0 Å². The van der Waals surface area contributed by atoms with E-state index in [1.807, 2.05) is 24.0 Å². The van der Waals surface area contributed by atoms with Gasteiger partial charge in [0.05, 0.1) is 5.69 Å². The van der Waals surface area contributed by atoms with Crippen molar-refractivity contribution in [1.29, 1.82) is 0 Å². The molecule has 16 heavy (non-hydrogen) atoms. The van der Waals surface area contributed by atoms with E-state index in [0.717, 1.165) is 24.4 Å². The van der Waals surface area contributed by atoms with Gasteiger partial charge in [-0.05, 0) is 12.8 Å². The lowest BCUT2D eigenvalue weighted by Gasteiger charge is -2.00. The van der Waals surface area contributed by atoms with Gasteiger partial charge in [-0.3, -0.25) is 0 Å². The van der Waals surface area contributed by atoms with Crippen molar-refractivity contribution in [2.45, 2.75) is 19.4 Å². The lowest BCUT2D eigenvalue weighted by atomic mass is 10.3. The second-order valence-electron chi connectivity index (χ2n) is 3.69. The maximum Gasteiger partial charge on any atom is 0.130 e. The summed E-state index contributed by atoms with van der Waals surface area (Å²) in [7, 11) is 1.95. The van der Waals surface area contributed by atoms with Crippen LogP contribution in [0.5, 0.6) is 0 Å². The molecule has 0 aliphatic rings. The highest BCUT2D eigenvalue weighted by molar-refractivity contribution is 4.96. The summed E-state index contributed by atoms with van der Waals surface area (Å²) in [6.45, 7) is 0.807. The Labute approximate surface area is 93.5 Å². The van der Waals surface area contributed by atoms with Crippen LogP contribution < -0.4 is 0 Å². The Kier molecular flexibility index (Phi) is 3.31. The SMILES string of the molecule is Cn1ccnc1Cn1cc(CCCO)nn1. The summed E-state index contributed by atoms with van der Waals surface area (Å²) in [5.41, 5.74) is 0.906. The van der Waals surface area contributed by atoms with E-state index in [4.69, 9.17) is 5.11 Å². The molecule has 6 heteroatoms. The number of rotatable bonds is 5. The van der Waals surface area contributed by atoms with Gasteiger partial charge in [-0.25, -0.2) is 9.67 Å².